The van der Waals surface area contributed by atoms with E-state index in [9.17, 15) is 0 Å². The van der Waals surface area contributed by atoms with E-state index in [4.69, 9.17) is 0 Å². The van der Waals surface area contributed by atoms with Crippen molar-refractivity contribution in [3.05, 3.63) is 83.4 Å². The van der Waals surface area contributed by atoms with Crippen LogP contribution >= 0.6 is 0 Å². The van der Waals surface area contributed by atoms with Crippen molar-refractivity contribution in [2.24, 2.45) is 0 Å². The van der Waals surface area contributed by atoms with Crippen molar-refractivity contribution >= 4 is 11.4 Å². The molecule has 120 valence electrons. The van der Waals surface area contributed by atoms with Gasteiger partial charge in [-0.1, -0.05) is 56.3 Å². The molecule has 1 aliphatic carbocycles. The van der Waals surface area contributed by atoms with Gasteiger partial charge in [0, 0.05) is 23.8 Å². The van der Waals surface area contributed by atoms with Crippen LogP contribution in [0.1, 0.15) is 30.5 Å². The molecule has 3 aromatic rings. The first-order valence-corrected chi connectivity index (χ1v) is 8.53. The molecular formula is C23H23N. The SMILES string of the molecule is Cc1cccc(N(C)c2ccc3c(c2)C(C)(C)c2ccccc2-3)c1. The van der Waals surface area contributed by atoms with E-state index in [0.717, 1.165) is 0 Å². The molecule has 0 fully saturated rings. The molecule has 0 N–H and O–H groups in total. The van der Waals surface area contributed by atoms with Crippen LogP contribution in [-0.4, -0.2) is 7.05 Å². The zero-order chi connectivity index (χ0) is 16.9. The lowest BCUT2D eigenvalue weighted by molar-refractivity contribution is 0.660. The van der Waals surface area contributed by atoms with Crippen LogP contribution in [0.5, 0.6) is 0 Å². The summed E-state index contributed by atoms with van der Waals surface area (Å²) in [7, 11) is 2.14. The summed E-state index contributed by atoms with van der Waals surface area (Å²) in [6.07, 6.45) is 0. The molecule has 24 heavy (non-hydrogen) atoms. The molecule has 0 aliphatic heterocycles. The minimum absolute atomic E-state index is 0.0510. The standard InChI is InChI=1S/C23H23N/c1-16-8-7-9-17(14-16)24(4)18-12-13-20-19-10-5-6-11-21(19)23(2,3)22(20)15-18/h5-15H,1-4H3. The lowest BCUT2D eigenvalue weighted by atomic mass is 9.82. The molecule has 0 atom stereocenters. The monoisotopic (exact) mass is 313 g/mol. The van der Waals surface area contributed by atoms with E-state index in [2.05, 4.69) is 99.4 Å². The summed E-state index contributed by atoms with van der Waals surface area (Å²) in [5.41, 5.74) is 9.39. The Bertz CT molecular complexity index is 921. The van der Waals surface area contributed by atoms with Crippen LogP contribution in [0, 0.1) is 6.92 Å². The van der Waals surface area contributed by atoms with Crippen molar-refractivity contribution in [2.45, 2.75) is 26.2 Å². The van der Waals surface area contributed by atoms with Crippen LogP contribution in [0.3, 0.4) is 0 Å². The van der Waals surface area contributed by atoms with E-state index < -0.39 is 0 Å². The molecule has 0 bridgehead atoms. The Morgan fingerprint density at radius 3 is 2.21 bits per heavy atom. The number of aryl methyl sites for hydroxylation is 1. The molecule has 0 heterocycles. The maximum Gasteiger partial charge on any atom is 0.0411 e. The topological polar surface area (TPSA) is 3.24 Å². The lowest BCUT2D eigenvalue weighted by Crippen LogP contribution is -2.16. The molecule has 0 saturated carbocycles. The Hall–Kier alpha value is -2.54. The Balaban J connectivity index is 1.82. The normalized spacial score (nSPS) is 14.2. The number of nitrogens with zero attached hydrogens (tertiary/aromatic N) is 1. The highest BCUT2D eigenvalue weighted by Gasteiger charge is 2.35. The molecule has 3 aromatic carbocycles. The molecule has 4 rings (SSSR count). The third-order valence-corrected chi connectivity index (χ3v) is 5.34. The summed E-state index contributed by atoms with van der Waals surface area (Å²) < 4.78 is 0. The minimum Gasteiger partial charge on any atom is -0.345 e. The van der Waals surface area contributed by atoms with E-state index >= 15 is 0 Å². The maximum absolute atomic E-state index is 2.36. The fourth-order valence-corrected chi connectivity index (χ4v) is 3.89. The van der Waals surface area contributed by atoms with Crippen LogP contribution in [-0.2, 0) is 5.41 Å². The first kappa shape index (κ1) is 15.0. The van der Waals surface area contributed by atoms with Crippen LogP contribution in [0.2, 0.25) is 0 Å². The second-order valence-electron chi connectivity index (χ2n) is 7.30. The molecule has 1 nitrogen and oxygen atoms in total. The Morgan fingerprint density at radius 2 is 1.42 bits per heavy atom. The highest BCUT2D eigenvalue weighted by molar-refractivity contribution is 5.83. The summed E-state index contributed by atoms with van der Waals surface area (Å²) in [6.45, 7) is 6.79. The first-order chi connectivity index (χ1) is 11.5. The van der Waals surface area contributed by atoms with Crippen molar-refractivity contribution in [1.29, 1.82) is 0 Å². The van der Waals surface area contributed by atoms with Gasteiger partial charge in [0.2, 0.25) is 0 Å². The average molecular weight is 313 g/mol. The molecule has 0 spiro atoms. The smallest absolute Gasteiger partial charge is 0.0411 e. The Labute approximate surface area is 144 Å². The van der Waals surface area contributed by atoms with Gasteiger partial charge in [-0.3, -0.25) is 0 Å². The number of rotatable bonds is 2. The minimum atomic E-state index is 0.0510. The summed E-state index contributed by atoms with van der Waals surface area (Å²) >= 11 is 0. The van der Waals surface area contributed by atoms with Gasteiger partial charge in [-0.25, -0.2) is 0 Å². The second-order valence-corrected chi connectivity index (χ2v) is 7.30. The lowest BCUT2D eigenvalue weighted by Gasteiger charge is -2.25. The summed E-state index contributed by atoms with van der Waals surface area (Å²) in [5, 5.41) is 0. The van der Waals surface area contributed by atoms with Crippen LogP contribution < -0.4 is 4.90 Å². The van der Waals surface area contributed by atoms with E-state index in [-0.39, 0.29) is 5.41 Å². The van der Waals surface area contributed by atoms with Crippen molar-refractivity contribution in [3.8, 4) is 11.1 Å². The quantitative estimate of drug-likeness (QED) is 0.555. The molecule has 0 amide bonds. The molecule has 1 aliphatic rings. The van der Waals surface area contributed by atoms with Crippen molar-refractivity contribution < 1.29 is 0 Å². The predicted molar refractivity (Wildman–Crippen MR) is 103 cm³/mol. The highest BCUT2D eigenvalue weighted by Crippen LogP contribution is 2.49. The molecule has 1 heteroatoms. The molecule has 0 unspecified atom stereocenters. The van der Waals surface area contributed by atoms with Gasteiger partial charge in [-0.05, 0) is 59.0 Å². The third-order valence-electron chi connectivity index (χ3n) is 5.34. The average Bonchev–Trinajstić information content (AvgIpc) is 2.82. The summed E-state index contributed by atoms with van der Waals surface area (Å²) in [4.78, 5) is 2.27. The fraction of sp³-hybridized carbons (Fsp3) is 0.217. The fourth-order valence-electron chi connectivity index (χ4n) is 3.89. The van der Waals surface area contributed by atoms with Gasteiger partial charge in [0.25, 0.3) is 0 Å². The maximum atomic E-state index is 2.36. The van der Waals surface area contributed by atoms with Gasteiger partial charge in [-0.2, -0.15) is 0 Å². The van der Waals surface area contributed by atoms with Gasteiger partial charge in [0.15, 0.2) is 0 Å². The highest BCUT2D eigenvalue weighted by atomic mass is 15.1. The van der Waals surface area contributed by atoms with Crippen LogP contribution in [0.4, 0.5) is 11.4 Å². The first-order valence-electron chi connectivity index (χ1n) is 8.53. The Kier molecular flexibility index (Phi) is 3.28. The van der Waals surface area contributed by atoms with Gasteiger partial charge >= 0.3 is 0 Å². The second kappa shape index (κ2) is 5.24. The van der Waals surface area contributed by atoms with Gasteiger partial charge in [0.05, 0.1) is 0 Å². The predicted octanol–water partition coefficient (Wildman–Crippen LogP) is 6.07. The number of hydrogen-bond donors (Lipinski definition) is 0. The van der Waals surface area contributed by atoms with Gasteiger partial charge in [0.1, 0.15) is 0 Å². The molecule has 0 aromatic heterocycles. The number of fused-ring (bicyclic) bond motifs is 3. The van der Waals surface area contributed by atoms with Crippen molar-refractivity contribution in [3.63, 3.8) is 0 Å². The van der Waals surface area contributed by atoms with E-state index in [1.54, 1.807) is 0 Å². The zero-order valence-corrected chi connectivity index (χ0v) is 14.8. The van der Waals surface area contributed by atoms with Gasteiger partial charge < -0.3 is 4.90 Å². The van der Waals surface area contributed by atoms with Gasteiger partial charge in [-0.15, -0.1) is 0 Å². The van der Waals surface area contributed by atoms with E-state index in [1.165, 1.54) is 39.2 Å². The number of benzene rings is 3. The van der Waals surface area contributed by atoms with Crippen molar-refractivity contribution in [1.82, 2.24) is 0 Å². The van der Waals surface area contributed by atoms with E-state index in [0.29, 0.717) is 0 Å². The molecular weight excluding hydrogens is 290 g/mol. The summed E-state index contributed by atoms with van der Waals surface area (Å²) in [6, 6.07) is 24.3. The Morgan fingerprint density at radius 1 is 0.708 bits per heavy atom. The molecule has 0 radical (unpaired) electrons. The third kappa shape index (κ3) is 2.16. The van der Waals surface area contributed by atoms with Crippen LogP contribution in [0.15, 0.2) is 66.7 Å². The van der Waals surface area contributed by atoms with Crippen molar-refractivity contribution in [2.75, 3.05) is 11.9 Å². The number of hydrogen-bond acceptors (Lipinski definition) is 1. The van der Waals surface area contributed by atoms with E-state index in [1.807, 2.05) is 0 Å². The summed E-state index contributed by atoms with van der Waals surface area (Å²) in [5.74, 6) is 0. The number of anilines is 2. The largest absolute Gasteiger partial charge is 0.345 e. The molecule has 0 saturated heterocycles. The zero-order valence-electron chi connectivity index (χ0n) is 14.8. The van der Waals surface area contributed by atoms with Crippen LogP contribution in [0.25, 0.3) is 11.1 Å².